The van der Waals surface area contributed by atoms with Gasteiger partial charge in [0.2, 0.25) is 11.5 Å². The zero-order valence-electron chi connectivity index (χ0n) is 14.8. The van der Waals surface area contributed by atoms with Gasteiger partial charge >= 0.3 is 6.03 Å². The molecule has 1 atom stereocenters. The lowest BCUT2D eigenvalue weighted by Crippen LogP contribution is -2.48. The largest absolute Gasteiger partial charge is 0.335 e. The molecule has 1 aliphatic heterocycles. The van der Waals surface area contributed by atoms with Gasteiger partial charge < -0.3 is 14.7 Å². The summed E-state index contributed by atoms with van der Waals surface area (Å²) < 4.78 is 34.5. The summed E-state index contributed by atoms with van der Waals surface area (Å²) in [7, 11) is 0. The number of hydrogen-bond acceptors (Lipinski definition) is 5. The molecule has 9 heteroatoms. The van der Waals surface area contributed by atoms with Gasteiger partial charge in [0.15, 0.2) is 0 Å². The van der Waals surface area contributed by atoms with Crippen LogP contribution in [0.1, 0.15) is 18.7 Å². The molecule has 1 unspecified atom stereocenters. The van der Waals surface area contributed by atoms with Gasteiger partial charge in [-0.25, -0.2) is 13.6 Å². The molecule has 0 saturated carbocycles. The predicted molar refractivity (Wildman–Crippen MR) is 96.5 cm³/mol. The fourth-order valence-electron chi connectivity index (χ4n) is 3.13. The molecule has 2 amide bonds. The third kappa shape index (κ3) is 3.55. The highest BCUT2D eigenvalue weighted by molar-refractivity contribution is 5.89. The number of halogens is 2. The first kappa shape index (κ1) is 18.0. The number of carbonyl (C=O) groups is 1. The first-order chi connectivity index (χ1) is 13.5. The number of urea groups is 1. The minimum atomic E-state index is -1.97. The van der Waals surface area contributed by atoms with Crippen LogP contribution in [0.25, 0.3) is 11.4 Å². The number of carbonyl (C=O) groups excluding carboxylic acids is 1. The van der Waals surface area contributed by atoms with Crippen LogP contribution in [-0.2, 0) is 5.67 Å². The molecule has 1 saturated heterocycles. The number of amides is 2. The van der Waals surface area contributed by atoms with Crippen molar-refractivity contribution in [2.24, 2.45) is 0 Å². The fraction of sp³-hybridized carbons (Fsp3) is 0.263. The monoisotopic (exact) mass is 385 g/mol. The molecular formula is C19H17F2N5O2. The lowest BCUT2D eigenvalue weighted by Gasteiger charge is -2.35. The zero-order chi connectivity index (χ0) is 19.6. The molecule has 2 aromatic heterocycles. The smallest absolute Gasteiger partial charge is 0.322 e. The lowest BCUT2D eigenvalue weighted by molar-refractivity contribution is 0.0333. The Labute approximate surface area is 159 Å². The van der Waals surface area contributed by atoms with E-state index in [1.165, 1.54) is 23.1 Å². The van der Waals surface area contributed by atoms with Crippen LogP contribution < -0.4 is 5.32 Å². The summed E-state index contributed by atoms with van der Waals surface area (Å²) in [5.74, 6) is -0.514. The number of anilines is 1. The molecule has 0 bridgehead atoms. The predicted octanol–water partition coefficient (Wildman–Crippen LogP) is 3.76. The number of nitrogens with zero attached hydrogens (tertiary/aromatic N) is 4. The number of nitrogens with one attached hydrogen (secondary N) is 1. The summed E-state index contributed by atoms with van der Waals surface area (Å²) in [5.41, 5.74) is -1.33. The van der Waals surface area contributed by atoms with Gasteiger partial charge in [0.1, 0.15) is 5.82 Å². The molecule has 1 aromatic carbocycles. The van der Waals surface area contributed by atoms with Crippen molar-refractivity contribution in [2.45, 2.75) is 18.5 Å². The molecule has 4 rings (SSSR count). The van der Waals surface area contributed by atoms with Crippen LogP contribution in [0.15, 0.2) is 53.3 Å². The van der Waals surface area contributed by atoms with Crippen LogP contribution in [0, 0.1) is 5.82 Å². The number of likely N-dealkylation sites (tertiary alicyclic amines) is 1. The second kappa shape index (κ2) is 7.34. The molecule has 3 aromatic rings. The van der Waals surface area contributed by atoms with Crippen LogP contribution in [0.3, 0.4) is 0 Å². The van der Waals surface area contributed by atoms with Crippen LogP contribution >= 0.6 is 0 Å². The van der Waals surface area contributed by atoms with E-state index in [4.69, 9.17) is 4.52 Å². The van der Waals surface area contributed by atoms with Crippen molar-refractivity contribution in [3.05, 3.63) is 60.5 Å². The highest BCUT2D eigenvalue weighted by Gasteiger charge is 2.44. The van der Waals surface area contributed by atoms with Crippen LogP contribution in [0.2, 0.25) is 0 Å². The normalized spacial score (nSPS) is 19.4. The van der Waals surface area contributed by atoms with Crippen molar-refractivity contribution in [3.8, 4) is 11.4 Å². The van der Waals surface area contributed by atoms with Gasteiger partial charge in [-0.3, -0.25) is 4.98 Å². The Kier molecular flexibility index (Phi) is 4.72. The number of piperidine rings is 1. The number of rotatable bonds is 3. The molecule has 1 fully saturated rings. The number of hydrogen-bond donors (Lipinski definition) is 1. The Hall–Kier alpha value is -3.36. The number of aromatic nitrogens is 3. The second-order valence-electron chi connectivity index (χ2n) is 6.57. The van der Waals surface area contributed by atoms with E-state index >= 15 is 4.39 Å². The molecule has 144 valence electrons. The molecule has 0 aliphatic carbocycles. The summed E-state index contributed by atoms with van der Waals surface area (Å²) in [6.07, 6.45) is 3.71. The van der Waals surface area contributed by atoms with Crippen molar-refractivity contribution in [2.75, 3.05) is 18.4 Å². The van der Waals surface area contributed by atoms with E-state index in [1.807, 2.05) is 0 Å². The molecule has 0 radical (unpaired) electrons. The summed E-state index contributed by atoms with van der Waals surface area (Å²) >= 11 is 0. The maximum Gasteiger partial charge on any atom is 0.322 e. The number of para-hydroxylation sites is 1. The fourth-order valence-corrected chi connectivity index (χ4v) is 3.13. The van der Waals surface area contributed by atoms with E-state index in [1.54, 1.807) is 30.6 Å². The summed E-state index contributed by atoms with van der Waals surface area (Å²) in [6, 6.07) is 8.68. The zero-order valence-corrected chi connectivity index (χ0v) is 14.8. The molecule has 28 heavy (non-hydrogen) atoms. The van der Waals surface area contributed by atoms with Crippen LogP contribution in [0.5, 0.6) is 0 Å². The maximum atomic E-state index is 15.6. The van der Waals surface area contributed by atoms with Gasteiger partial charge in [0, 0.05) is 24.5 Å². The number of benzene rings is 1. The van der Waals surface area contributed by atoms with Crippen molar-refractivity contribution < 1.29 is 18.1 Å². The van der Waals surface area contributed by atoms with Crippen LogP contribution in [-0.4, -0.2) is 39.1 Å². The van der Waals surface area contributed by atoms with Gasteiger partial charge in [-0.15, -0.1) is 0 Å². The van der Waals surface area contributed by atoms with Gasteiger partial charge in [0.05, 0.1) is 12.2 Å². The third-order valence-electron chi connectivity index (χ3n) is 4.57. The van der Waals surface area contributed by atoms with Crippen molar-refractivity contribution in [1.29, 1.82) is 0 Å². The van der Waals surface area contributed by atoms with Crippen LogP contribution in [0.4, 0.5) is 19.3 Å². The van der Waals surface area contributed by atoms with Crippen molar-refractivity contribution in [3.63, 3.8) is 0 Å². The van der Waals surface area contributed by atoms with E-state index in [2.05, 4.69) is 20.4 Å². The number of alkyl halides is 1. The standard InChI is InChI=1S/C19H17F2N5O2/c20-14-6-1-2-7-15(14)23-18(27)26-10-4-8-19(21,12-26)17-24-16(25-28-17)13-5-3-9-22-11-13/h1-3,5-7,9,11H,4,8,10,12H2,(H,23,27). The van der Waals surface area contributed by atoms with E-state index in [0.29, 0.717) is 18.5 Å². The van der Waals surface area contributed by atoms with Gasteiger partial charge in [-0.2, -0.15) is 4.98 Å². The SMILES string of the molecule is O=C(Nc1ccccc1F)N1CCCC(F)(c2nc(-c3cccnc3)no2)C1. The Balaban J connectivity index is 1.50. The average molecular weight is 385 g/mol. The molecule has 7 nitrogen and oxygen atoms in total. The van der Waals surface area contributed by atoms with E-state index in [-0.39, 0.29) is 30.4 Å². The molecule has 1 N–H and O–H groups in total. The summed E-state index contributed by atoms with van der Waals surface area (Å²) in [6.45, 7) is 0.0809. The van der Waals surface area contributed by atoms with E-state index < -0.39 is 17.5 Å². The molecule has 0 spiro atoms. The van der Waals surface area contributed by atoms with Crippen molar-refractivity contribution in [1.82, 2.24) is 20.0 Å². The quantitative estimate of drug-likeness (QED) is 0.742. The Morgan fingerprint density at radius 3 is 2.89 bits per heavy atom. The lowest BCUT2D eigenvalue weighted by atomic mass is 9.94. The Morgan fingerprint density at radius 2 is 2.11 bits per heavy atom. The average Bonchev–Trinajstić information content (AvgIpc) is 3.22. The topological polar surface area (TPSA) is 84.2 Å². The van der Waals surface area contributed by atoms with E-state index in [0.717, 1.165) is 0 Å². The molecule has 3 heterocycles. The summed E-state index contributed by atoms with van der Waals surface area (Å²) in [4.78, 5) is 21.9. The highest BCUT2D eigenvalue weighted by atomic mass is 19.1. The second-order valence-corrected chi connectivity index (χ2v) is 6.57. The maximum absolute atomic E-state index is 15.6. The minimum absolute atomic E-state index is 0.0409. The number of pyridine rings is 1. The Bertz CT molecular complexity index is 981. The minimum Gasteiger partial charge on any atom is -0.335 e. The molecule has 1 aliphatic rings. The third-order valence-corrected chi connectivity index (χ3v) is 4.57. The van der Waals surface area contributed by atoms with Gasteiger partial charge in [0.25, 0.3) is 5.89 Å². The Morgan fingerprint density at radius 1 is 1.25 bits per heavy atom. The van der Waals surface area contributed by atoms with Gasteiger partial charge in [-0.05, 0) is 37.1 Å². The van der Waals surface area contributed by atoms with Crippen molar-refractivity contribution >= 4 is 11.7 Å². The first-order valence-corrected chi connectivity index (χ1v) is 8.79. The van der Waals surface area contributed by atoms with E-state index in [9.17, 15) is 9.18 Å². The highest BCUT2D eigenvalue weighted by Crippen LogP contribution is 2.35. The van der Waals surface area contributed by atoms with Gasteiger partial charge in [-0.1, -0.05) is 17.3 Å². The first-order valence-electron chi connectivity index (χ1n) is 8.79. The summed E-state index contributed by atoms with van der Waals surface area (Å²) in [5, 5.41) is 6.29. The molecular weight excluding hydrogens is 368 g/mol.